The fraction of sp³-hybridized carbons (Fsp3) is 0.130. The summed E-state index contributed by atoms with van der Waals surface area (Å²) in [5, 5.41) is 0. The van der Waals surface area contributed by atoms with Crippen LogP contribution in [0.25, 0.3) is 0 Å². The van der Waals surface area contributed by atoms with Crippen LogP contribution in [0.2, 0.25) is 0 Å². The normalized spacial score (nSPS) is 10.9. The van der Waals surface area contributed by atoms with Gasteiger partial charge in [0.25, 0.3) is 0 Å². The van der Waals surface area contributed by atoms with Gasteiger partial charge in [0.1, 0.15) is 0 Å². The van der Waals surface area contributed by atoms with Crippen molar-refractivity contribution in [2.45, 2.75) is 11.8 Å². The van der Waals surface area contributed by atoms with Crippen LogP contribution >= 0.6 is 8.86 Å². The maximum absolute atomic E-state index is 11.6. The molecular formula is C23H22O2P+. The molecule has 26 heavy (non-hydrogen) atoms. The number of hydrogen-bond acceptors (Lipinski definition) is 2. The standard InChI is InChI=1S/C23H21O2P/c24-22(18-26)25-17-16-23(19-10-4-1-5-11-19,20-12-6-2-7-13-20)21-14-8-3-9-15-21/h1-15,18,26H,16-17H2/p+1. The van der Waals surface area contributed by atoms with E-state index in [1.54, 1.807) is 0 Å². The number of benzene rings is 3. The van der Waals surface area contributed by atoms with Crippen LogP contribution in [0.5, 0.6) is 0 Å². The van der Waals surface area contributed by atoms with Gasteiger partial charge in [-0.2, -0.15) is 0 Å². The lowest BCUT2D eigenvalue weighted by Crippen LogP contribution is -2.31. The van der Waals surface area contributed by atoms with Crippen LogP contribution < -0.4 is 0 Å². The van der Waals surface area contributed by atoms with Gasteiger partial charge in [0.15, 0.2) is 5.80 Å². The van der Waals surface area contributed by atoms with Gasteiger partial charge in [-0.05, 0) is 23.1 Å². The molecule has 0 fully saturated rings. The second-order valence-corrected chi connectivity index (χ2v) is 6.42. The highest BCUT2D eigenvalue weighted by Crippen LogP contribution is 2.42. The van der Waals surface area contributed by atoms with E-state index in [1.807, 2.05) is 18.2 Å². The van der Waals surface area contributed by atoms with E-state index in [0.717, 1.165) is 0 Å². The third-order valence-corrected chi connectivity index (χ3v) is 4.93. The highest BCUT2D eigenvalue weighted by molar-refractivity contribution is 7.21. The zero-order valence-corrected chi connectivity index (χ0v) is 15.7. The monoisotopic (exact) mass is 361 g/mol. The van der Waals surface area contributed by atoms with Gasteiger partial charge in [-0.1, -0.05) is 91.0 Å². The van der Waals surface area contributed by atoms with E-state index in [2.05, 4.69) is 81.7 Å². The van der Waals surface area contributed by atoms with E-state index in [4.69, 9.17) is 4.74 Å². The SMILES string of the molecule is O=C(C=[PH2+])OCCC(c1ccccc1)(c1ccccc1)c1ccccc1. The summed E-state index contributed by atoms with van der Waals surface area (Å²) >= 11 is 0. The number of hydrogen-bond donors (Lipinski definition) is 0. The molecule has 0 saturated carbocycles. The first kappa shape index (κ1) is 18.1. The molecule has 1 unspecified atom stereocenters. The Morgan fingerprint density at radius 1 is 0.769 bits per heavy atom. The Morgan fingerprint density at radius 2 is 1.15 bits per heavy atom. The topological polar surface area (TPSA) is 26.3 Å². The maximum Gasteiger partial charge on any atom is 0.373 e. The molecular weight excluding hydrogens is 339 g/mol. The smallest absolute Gasteiger partial charge is 0.373 e. The van der Waals surface area contributed by atoms with Crippen molar-refractivity contribution in [3.05, 3.63) is 108 Å². The lowest BCUT2D eigenvalue weighted by Gasteiger charge is -2.36. The molecule has 0 aliphatic carbocycles. The molecule has 3 rings (SSSR count). The lowest BCUT2D eigenvalue weighted by atomic mass is 9.67. The maximum atomic E-state index is 11.6. The van der Waals surface area contributed by atoms with Crippen LogP contribution in [0, 0.1) is 0 Å². The first-order valence-corrected chi connectivity index (χ1v) is 9.32. The van der Waals surface area contributed by atoms with E-state index < -0.39 is 0 Å². The number of ether oxygens (including phenoxy) is 1. The minimum absolute atomic E-state index is 0.321. The summed E-state index contributed by atoms with van der Waals surface area (Å²) < 4.78 is 5.40. The first-order valence-electron chi connectivity index (χ1n) is 8.65. The molecule has 0 saturated heterocycles. The van der Waals surface area contributed by atoms with E-state index in [-0.39, 0.29) is 11.4 Å². The van der Waals surface area contributed by atoms with E-state index >= 15 is 0 Å². The Labute approximate surface area is 156 Å². The van der Waals surface area contributed by atoms with Gasteiger partial charge in [-0.25, -0.2) is 4.79 Å². The van der Waals surface area contributed by atoms with Gasteiger partial charge in [0.2, 0.25) is 0 Å². The van der Waals surface area contributed by atoms with E-state index in [9.17, 15) is 4.79 Å². The number of esters is 1. The Balaban J connectivity index is 2.14. The summed E-state index contributed by atoms with van der Waals surface area (Å²) in [5.74, 6) is 1.05. The van der Waals surface area contributed by atoms with Crippen LogP contribution in [-0.4, -0.2) is 18.4 Å². The van der Waals surface area contributed by atoms with Crippen LogP contribution in [-0.2, 0) is 14.9 Å². The number of carbonyl (C=O) groups is 1. The molecule has 0 bridgehead atoms. The molecule has 1 atom stereocenters. The molecule has 0 aliphatic rings. The first-order chi connectivity index (χ1) is 12.8. The van der Waals surface area contributed by atoms with Crippen molar-refractivity contribution in [3.8, 4) is 0 Å². The van der Waals surface area contributed by atoms with Crippen molar-refractivity contribution in [2.75, 3.05) is 6.61 Å². The Bertz CT molecular complexity index is 748. The fourth-order valence-electron chi connectivity index (χ4n) is 3.45. The highest BCUT2D eigenvalue weighted by atomic mass is 31.0. The van der Waals surface area contributed by atoms with E-state index in [1.165, 1.54) is 22.5 Å². The quantitative estimate of drug-likeness (QED) is 0.348. The Kier molecular flexibility index (Phi) is 5.99. The molecule has 0 spiro atoms. The molecule has 3 heteroatoms. The van der Waals surface area contributed by atoms with Crippen LogP contribution in [0.15, 0.2) is 91.0 Å². The average Bonchev–Trinajstić information content (AvgIpc) is 2.73. The number of carbonyl (C=O) groups excluding carboxylic acids is 1. The van der Waals surface area contributed by atoms with Crippen LogP contribution in [0.1, 0.15) is 23.1 Å². The molecule has 0 aromatic heterocycles. The summed E-state index contributed by atoms with van der Waals surface area (Å²) in [4.78, 5) is 11.6. The van der Waals surface area contributed by atoms with Crippen molar-refractivity contribution < 1.29 is 9.53 Å². The molecule has 2 nitrogen and oxygen atoms in total. The third kappa shape index (κ3) is 3.76. The Hall–Kier alpha value is -2.70. The molecule has 3 aromatic rings. The second-order valence-electron chi connectivity index (χ2n) is 6.09. The largest absolute Gasteiger partial charge is 0.460 e. The third-order valence-electron chi connectivity index (χ3n) is 4.66. The molecule has 0 N–H and O–H groups in total. The zero-order chi connectivity index (χ0) is 18.2. The number of rotatable bonds is 7. The van der Waals surface area contributed by atoms with Crippen molar-refractivity contribution >= 4 is 20.6 Å². The van der Waals surface area contributed by atoms with Crippen LogP contribution in [0.3, 0.4) is 0 Å². The Morgan fingerprint density at radius 3 is 1.50 bits per heavy atom. The summed E-state index contributed by atoms with van der Waals surface area (Å²) in [6.07, 6.45) is 0.662. The van der Waals surface area contributed by atoms with Gasteiger partial charge in [0.05, 0.1) is 15.5 Å². The van der Waals surface area contributed by atoms with Gasteiger partial charge < -0.3 is 4.74 Å². The molecule has 130 valence electrons. The highest BCUT2D eigenvalue weighted by Gasteiger charge is 2.36. The lowest BCUT2D eigenvalue weighted by molar-refractivity contribution is -0.135. The zero-order valence-electron chi connectivity index (χ0n) is 14.5. The average molecular weight is 361 g/mol. The van der Waals surface area contributed by atoms with Gasteiger partial charge in [0, 0.05) is 5.41 Å². The molecule has 0 amide bonds. The van der Waals surface area contributed by atoms with E-state index in [0.29, 0.717) is 13.0 Å². The van der Waals surface area contributed by atoms with Crippen LogP contribution in [0.4, 0.5) is 0 Å². The second kappa shape index (κ2) is 8.60. The fourth-order valence-corrected chi connectivity index (χ4v) is 3.55. The minimum atomic E-state index is -0.384. The van der Waals surface area contributed by atoms with Crippen molar-refractivity contribution in [3.63, 3.8) is 0 Å². The van der Waals surface area contributed by atoms with Crippen molar-refractivity contribution in [2.24, 2.45) is 0 Å². The van der Waals surface area contributed by atoms with Gasteiger partial charge in [-0.3, -0.25) is 0 Å². The molecule has 3 aromatic carbocycles. The van der Waals surface area contributed by atoms with Gasteiger partial charge >= 0.3 is 5.97 Å². The predicted octanol–water partition coefficient (Wildman–Crippen LogP) is 4.63. The van der Waals surface area contributed by atoms with Gasteiger partial charge in [-0.15, -0.1) is 0 Å². The summed E-state index contributed by atoms with van der Waals surface area (Å²) in [6, 6.07) is 31.2. The summed E-state index contributed by atoms with van der Waals surface area (Å²) in [7, 11) is 2.29. The van der Waals surface area contributed by atoms with Crippen molar-refractivity contribution in [1.82, 2.24) is 0 Å². The molecule has 0 aliphatic heterocycles. The predicted molar refractivity (Wildman–Crippen MR) is 111 cm³/mol. The summed E-state index contributed by atoms with van der Waals surface area (Å²) in [5.41, 5.74) is 3.17. The molecule has 0 heterocycles. The molecule has 0 radical (unpaired) electrons. The van der Waals surface area contributed by atoms with Crippen molar-refractivity contribution in [1.29, 1.82) is 0 Å². The summed E-state index contributed by atoms with van der Waals surface area (Å²) in [6.45, 7) is 0.336. The minimum Gasteiger partial charge on any atom is -0.460 e.